The number of hydrogen-bond acceptors (Lipinski definition) is 6. The molecule has 0 bridgehead atoms. The summed E-state index contributed by atoms with van der Waals surface area (Å²) in [6.45, 7) is 5.31. The Kier molecular flexibility index (Phi) is 8.48. The number of likely N-dealkylation sites (N-methyl/N-ethyl adjacent to an activating group) is 2. The molecule has 0 N–H and O–H groups in total. The quantitative estimate of drug-likeness (QED) is 0.501. The van der Waals surface area contributed by atoms with E-state index < -0.39 is 12.0 Å². The number of ether oxygens (including phenoxy) is 4. The van der Waals surface area contributed by atoms with E-state index in [0.717, 1.165) is 18.4 Å². The fraction of sp³-hybridized carbons (Fsp3) is 0.481. The molecule has 1 heterocycles. The van der Waals surface area contributed by atoms with Crippen LogP contribution in [0.25, 0.3) is 0 Å². The minimum Gasteiger partial charge on any atom is -0.493 e. The summed E-state index contributed by atoms with van der Waals surface area (Å²) in [7, 11) is 7.94. The number of benzene rings is 2. The smallest absolute Gasteiger partial charge is 0.254 e. The maximum Gasteiger partial charge on any atom is 0.254 e. The molecule has 0 saturated heterocycles. The molecule has 2 aromatic rings. The van der Waals surface area contributed by atoms with Crippen molar-refractivity contribution in [2.45, 2.75) is 38.6 Å². The van der Waals surface area contributed by atoms with Crippen LogP contribution in [-0.4, -0.2) is 70.2 Å². The Morgan fingerprint density at radius 2 is 1.51 bits per heavy atom. The van der Waals surface area contributed by atoms with Gasteiger partial charge in [-0.2, -0.15) is 0 Å². The number of fused-ring (bicyclic) bond motifs is 1. The third-order valence-electron chi connectivity index (χ3n) is 6.66. The van der Waals surface area contributed by atoms with E-state index in [1.54, 1.807) is 51.5 Å². The first-order valence-corrected chi connectivity index (χ1v) is 11.9. The molecule has 0 fully saturated rings. The van der Waals surface area contributed by atoms with E-state index in [2.05, 4.69) is 6.92 Å². The Hall–Kier alpha value is -3.42. The van der Waals surface area contributed by atoms with Crippen LogP contribution < -0.4 is 18.9 Å². The van der Waals surface area contributed by atoms with E-state index in [9.17, 15) is 9.59 Å². The van der Waals surface area contributed by atoms with E-state index >= 15 is 0 Å². The molecule has 0 saturated carbocycles. The fourth-order valence-electron chi connectivity index (χ4n) is 4.74. The van der Waals surface area contributed by atoms with Gasteiger partial charge < -0.3 is 28.7 Å². The number of hydrogen-bond donors (Lipinski definition) is 0. The van der Waals surface area contributed by atoms with E-state index in [1.165, 1.54) is 7.11 Å². The lowest BCUT2D eigenvalue weighted by atomic mass is 9.78. The van der Waals surface area contributed by atoms with Crippen LogP contribution in [-0.2, 0) is 4.79 Å². The van der Waals surface area contributed by atoms with Gasteiger partial charge in [0.1, 0.15) is 0 Å². The lowest BCUT2D eigenvalue weighted by molar-refractivity contribution is -0.134. The van der Waals surface area contributed by atoms with Crippen molar-refractivity contribution in [1.29, 1.82) is 0 Å². The topological polar surface area (TPSA) is 77.5 Å². The second kappa shape index (κ2) is 11.3. The number of methoxy groups -OCH3 is 4. The average Bonchev–Trinajstić information content (AvgIpc) is 2.89. The van der Waals surface area contributed by atoms with Gasteiger partial charge in [0.2, 0.25) is 5.91 Å². The van der Waals surface area contributed by atoms with Crippen LogP contribution >= 0.6 is 0 Å². The van der Waals surface area contributed by atoms with Crippen LogP contribution in [0.3, 0.4) is 0 Å². The van der Waals surface area contributed by atoms with Gasteiger partial charge in [0.15, 0.2) is 23.0 Å². The molecule has 0 aromatic heterocycles. The lowest BCUT2D eigenvalue weighted by Crippen LogP contribution is -2.47. The number of amides is 2. The van der Waals surface area contributed by atoms with Gasteiger partial charge in [0, 0.05) is 25.7 Å². The van der Waals surface area contributed by atoms with Crippen molar-refractivity contribution in [3.63, 3.8) is 0 Å². The van der Waals surface area contributed by atoms with E-state index in [1.807, 2.05) is 24.0 Å². The van der Waals surface area contributed by atoms with Gasteiger partial charge in [-0.3, -0.25) is 9.59 Å². The molecule has 2 unspecified atom stereocenters. The molecule has 8 heteroatoms. The highest BCUT2D eigenvalue weighted by atomic mass is 16.5. The van der Waals surface area contributed by atoms with Gasteiger partial charge in [-0.15, -0.1) is 0 Å². The molecule has 0 radical (unpaired) electrons. The summed E-state index contributed by atoms with van der Waals surface area (Å²) in [5.41, 5.74) is 1.85. The van der Waals surface area contributed by atoms with Crippen LogP contribution in [0.1, 0.15) is 60.1 Å². The monoisotopic (exact) mass is 484 g/mol. The molecule has 190 valence electrons. The Bertz CT molecular complexity index is 1070. The summed E-state index contributed by atoms with van der Waals surface area (Å²) in [6, 6.07) is 8.40. The summed E-state index contributed by atoms with van der Waals surface area (Å²) >= 11 is 0. The molecule has 0 aliphatic carbocycles. The molecular formula is C27H36N2O6. The number of unbranched alkanes of at least 4 members (excludes halogenated alkanes) is 1. The number of rotatable bonds is 10. The van der Waals surface area contributed by atoms with Crippen LogP contribution in [0.5, 0.6) is 23.0 Å². The fourth-order valence-corrected chi connectivity index (χ4v) is 4.74. The molecule has 0 spiro atoms. The van der Waals surface area contributed by atoms with Crippen molar-refractivity contribution in [1.82, 2.24) is 9.80 Å². The maximum absolute atomic E-state index is 14.1. The molecule has 1 aliphatic rings. The first-order chi connectivity index (χ1) is 16.9. The number of nitrogens with zero attached hydrogens (tertiary/aromatic N) is 2. The molecule has 1 aliphatic heterocycles. The summed E-state index contributed by atoms with van der Waals surface area (Å²) in [5.74, 6) is 1.17. The molecular weight excluding hydrogens is 448 g/mol. The van der Waals surface area contributed by atoms with Crippen molar-refractivity contribution in [2.75, 3.05) is 48.6 Å². The van der Waals surface area contributed by atoms with Gasteiger partial charge in [-0.05, 0) is 48.7 Å². The molecule has 35 heavy (non-hydrogen) atoms. The Balaban J connectivity index is 2.25. The third kappa shape index (κ3) is 4.88. The highest BCUT2D eigenvalue weighted by Gasteiger charge is 2.45. The van der Waals surface area contributed by atoms with Gasteiger partial charge in [0.25, 0.3) is 5.91 Å². The summed E-state index contributed by atoms with van der Waals surface area (Å²) in [6.07, 6.45) is 1.88. The highest BCUT2D eigenvalue weighted by molar-refractivity contribution is 6.02. The van der Waals surface area contributed by atoms with Crippen molar-refractivity contribution < 1.29 is 28.5 Å². The zero-order valence-corrected chi connectivity index (χ0v) is 21.7. The minimum absolute atomic E-state index is 0.0337. The van der Waals surface area contributed by atoms with Crippen LogP contribution in [0, 0.1) is 0 Å². The zero-order chi connectivity index (χ0) is 25.7. The Labute approximate surface area is 207 Å². The second-order valence-corrected chi connectivity index (χ2v) is 8.52. The van der Waals surface area contributed by atoms with E-state index in [4.69, 9.17) is 18.9 Å². The summed E-state index contributed by atoms with van der Waals surface area (Å²) < 4.78 is 21.9. The first kappa shape index (κ1) is 26.2. The van der Waals surface area contributed by atoms with Crippen LogP contribution in [0.4, 0.5) is 0 Å². The zero-order valence-electron chi connectivity index (χ0n) is 21.7. The van der Waals surface area contributed by atoms with Crippen LogP contribution in [0.15, 0.2) is 30.3 Å². The van der Waals surface area contributed by atoms with Crippen LogP contribution in [0.2, 0.25) is 0 Å². The highest BCUT2D eigenvalue weighted by Crippen LogP contribution is 2.47. The predicted molar refractivity (Wildman–Crippen MR) is 134 cm³/mol. The summed E-state index contributed by atoms with van der Waals surface area (Å²) in [4.78, 5) is 31.2. The average molecular weight is 485 g/mol. The predicted octanol–water partition coefficient (Wildman–Crippen LogP) is 4.28. The van der Waals surface area contributed by atoms with E-state index in [0.29, 0.717) is 47.2 Å². The maximum atomic E-state index is 14.1. The molecule has 2 atom stereocenters. The first-order valence-electron chi connectivity index (χ1n) is 11.9. The summed E-state index contributed by atoms with van der Waals surface area (Å²) in [5, 5.41) is 0. The molecule has 2 aromatic carbocycles. The Morgan fingerprint density at radius 1 is 0.914 bits per heavy atom. The molecule has 8 nitrogen and oxygen atoms in total. The van der Waals surface area contributed by atoms with Gasteiger partial charge in [-0.25, -0.2) is 0 Å². The standard InChI is InChI=1S/C27H36N2O6/c1-8-10-13-29(9-2)27(31)24-18-15-22(34-6)23(35-7)16-19(18)26(30)28(3)25(24)17-11-12-20(32-4)21(14-17)33-5/h11-12,14-16,24-25H,8-10,13H2,1-7H3. The Morgan fingerprint density at radius 3 is 2.09 bits per heavy atom. The minimum atomic E-state index is -0.637. The lowest BCUT2D eigenvalue weighted by Gasteiger charge is -2.42. The third-order valence-corrected chi connectivity index (χ3v) is 6.66. The number of carbonyl (C=O) groups excluding carboxylic acids is 2. The van der Waals surface area contributed by atoms with Gasteiger partial charge >= 0.3 is 0 Å². The van der Waals surface area contributed by atoms with E-state index in [-0.39, 0.29) is 11.8 Å². The largest absolute Gasteiger partial charge is 0.493 e. The number of carbonyl (C=O) groups is 2. The molecule has 3 rings (SSSR count). The SMILES string of the molecule is CCCCN(CC)C(=O)C1c2cc(OC)c(OC)cc2C(=O)N(C)C1c1ccc(OC)c(OC)c1. The molecule has 2 amide bonds. The van der Waals surface area contributed by atoms with Gasteiger partial charge in [0.05, 0.1) is 40.4 Å². The van der Waals surface area contributed by atoms with Crippen molar-refractivity contribution in [2.24, 2.45) is 0 Å². The van der Waals surface area contributed by atoms with Crippen molar-refractivity contribution in [3.05, 3.63) is 47.0 Å². The second-order valence-electron chi connectivity index (χ2n) is 8.52. The van der Waals surface area contributed by atoms with Gasteiger partial charge in [-0.1, -0.05) is 19.4 Å². The van der Waals surface area contributed by atoms with Crippen molar-refractivity contribution >= 4 is 11.8 Å². The van der Waals surface area contributed by atoms with Crippen molar-refractivity contribution in [3.8, 4) is 23.0 Å². The normalized spacial score (nSPS) is 17.0.